The van der Waals surface area contributed by atoms with Crippen molar-refractivity contribution in [3.05, 3.63) is 59.7 Å². The lowest BCUT2D eigenvalue weighted by Gasteiger charge is -2.21. The van der Waals surface area contributed by atoms with Crippen LogP contribution < -0.4 is 15.4 Å². The minimum absolute atomic E-state index is 0.420. The zero-order valence-corrected chi connectivity index (χ0v) is 17.5. The summed E-state index contributed by atoms with van der Waals surface area (Å²) in [5.41, 5.74) is -0.381. The number of ether oxygens (including phenoxy) is 1. The highest BCUT2D eigenvalue weighted by atomic mass is 19.1. The van der Waals surface area contributed by atoms with Crippen molar-refractivity contribution in [3.8, 4) is 5.75 Å². The fourth-order valence-corrected chi connectivity index (χ4v) is 3.88. The van der Waals surface area contributed by atoms with Crippen molar-refractivity contribution in [2.75, 3.05) is 11.9 Å². The highest BCUT2D eigenvalue weighted by molar-refractivity contribution is 6.08. The van der Waals surface area contributed by atoms with Gasteiger partial charge in [0.15, 0.2) is 0 Å². The van der Waals surface area contributed by atoms with E-state index >= 15 is 0 Å². The highest BCUT2D eigenvalue weighted by Crippen LogP contribution is 2.27. The van der Waals surface area contributed by atoms with Crippen LogP contribution in [0.1, 0.15) is 61.7 Å². The third-order valence-corrected chi connectivity index (χ3v) is 5.53. The molecule has 1 saturated carbocycles. The van der Waals surface area contributed by atoms with Crippen LogP contribution >= 0.6 is 0 Å². The number of nitrogens with one attached hydrogen (secondary N) is 2. The molecule has 0 radical (unpaired) electrons. The number of amides is 3. The second-order valence-corrected chi connectivity index (χ2v) is 7.88. The summed E-state index contributed by atoms with van der Waals surface area (Å²) in [5.74, 6) is -1.66. The number of carbonyl (C=O) groups excluding carboxylic acids is 2. The van der Waals surface area contributed by atoms with Crippen LogP contribution in [0, 0.1) is 17.6 Å². The molecule has 0 bridgehead atoms. The average molecular weight is 430 g/mol. The summed E-state index contributed by atoms with van der Waals surface area (Å²) in [6, 6.07) is 8.85. The molecule has 0 saturated heterocycles. The van der Waals surface area contributed by atoms with Crippen molar-refractivity contribution in [2.24, 2.45) is 5.92 Å². The minimum Gasteiger partial charge on any atom is -0.494 e. The van der Waals surface area contributed by atoms with E-state index in [1.54, 1.807) is 24.3 Å². The van der Waals surface area contributed by atoms with Crippen LogP contribution in [-0.4, -0.2) is 18.5 Å². The van der Waals surface area contributed by atoms with Crippen LogP contribution in [0.25, 0.3) is 0 Å². The molecule has 0 spiro atoms. The smallest absolute Gasteiger partial charge is 0.326 e. The van der Waals surface area contributed by atoms with Crippen LogP contribution in [0.3, 0.4) is 0 Å². The van der Waals surface area contributed by atoms with Gasteiger partial charge in [-0.05, 0) is 55.2 Å². The van der Waals surface area contributed by atoms with Gasteiger partial charge in [-0.3, -0.25) is 10.1 Å². The maximum Gasteiger partial charge on any atom is 0.326 e. The standard InChI is InChI=1S/C24H28F2N2O3/c25-20-10-6-11-21(26)22(20)23(29)28-24(30)27-18-12-14-19(15-13-18)31-16-5-4-9-17-7-2-1-3-8-17/h6,10-15,17H,1-5,7-9,16H2,(H2,27,28,29,30). The molecule has 2 aromatic carbocycles. The van der Waals surface area contributed by atoms with E-state index in [2.05, 4.69) is 5.32 Å². The number of anilines is 1. The van der Waals surface area contributed by atoms with Gasteiger partial charge in [-0.2, -0.15) is 0 Å². The molecule has 0 unspecified atom stereocenters. The van der Waals surface area contributed by atoms with Crippen LogP contribution in [-0.2, 0) is 0 Å². The predicted octanol–water partition coefficient (Wildman–Crippen LogP) is 6.06. The molecule has 1 fully saturated rings. The Kier molecular flexibility index (Phi) is 8.38. The largest absolute Gasteiger partial charge is 0.494 e. The van der Waals surface area contributed by atoms with Crippen molar-refractivity contribution in [3.63, 3.8) is 0 Å². The molecule has 1 aliphatic carbocycles. The van der Waals surface area contributed by atoms with Crippen LogP contribution in [0.15, 0.2) is 42.5 Å². The number of unbranched alkanes of at least 4 members (excludes halogenated alkanes) is 1. The second kappa shape index (κ2) is 11.4. The zero-order chi connectivity index (χ0) is 22.1. The Balaban J connectivity index is 1.38. The predicted molar refractivity (Wildman–Crippen MR) is 115 cm³/mol. The van der Waals surface area contributed by atoms with E-state index < -0.39 is 29.1 Å². The molecular weight excluding hydrogens is 402 g/mol. The maximum absolute atomic E-state index is 13.6. The van der Waals surface area contributed by atoms with Gasteiger partial charge in [0.25, 0.3) is 5.91 Å². The number of hydrogen-bond donors (Lipinski definition) is 2. The van der Waals surface area contributed by atoms with Gasteiger partial charge in [-0.25, -0.2) is 13.6 Å². The maximum atomic E-state index is 13.6. The molecule has 7 heteroatoms. The fraction of sp³-hybridized carbons (Fsp3) is 0.417. The van der Waals surface area contributed by atoms with Gasteiger partial charge in [0.1, 0.15) is 22.9 Å². The highest BCUT2D eigenvalue weighted by Gasteiger charge is 2.19. The molecule has 0 aliphatic heterocycles. The summed E-state index contributed by atoms with van der Waals surface area (Å²) in [6.45, 7) is 0.642. The topological polar surface area (TPSA) is 67.4 Å². The zero-order valence-electron chi connectivity index (χ0n) is 17.5. The lowest BCUT2D eigenvalue weighted by molar-refractivity contribution is 0.0959. The van der Waals surface area contributed by atoms with Gasteiger partial charge in [0, 0.05) is 5.69 Å². The number of imide groups is 1. The van der Waals surface area contributed by atoms with Crippen molar-refractivity contribution < 1.29 is 23.1 Å². The Morgan fingerprint density at radius 3 is 2.29 bits per heavy atom. The molecule has 5 nitrogen and oxygen atoms in total. The number of halogens is 2. The van der Waals surface area contributed by atoms with E-state index in [0.29, 0.717) is 18.0 Å². The number of rotatable bonds is 8. The first kappa shape index (κ1) is 22.7. The third-order valence-electron chi connectivity index (χ3n) is 5.53. The van der Waals surface area contributed by atoms with Crippen molar-refractivity contribution >= 4 is 17.6 Å². The monoisotopic (exact) mass is 430 g/mol. The number of hydrogen-bond acceptors (Lipinski definition) is 3. The molecule has 2 aromatic rings. The average Bonchev–Trinajstić information content (AvgIpc) is 2.75. The first-order valence-corrected chi connectivity index (χ1v) is 10.8. The number of benzene rings is 2. The molecule has 166 valence electrons. The van der Waals surface area contributed by atoms with Gasteiger partial charge >= 0.3 is 6.03 Å². The quantitative estimate of drug-likeness (QED) is 0.501. The number of urea groups is 1. The molecule has 2 N–H and O–H groups in total. The summed E-state index contributed by atoms with van der Waals surface area (Å²) >= 11 is 0. The van der Waals surface area contributed by atoms with Gasteiger partial charge in [-0.15, -0.1) is 0 Å². The summed E-state index contributed by atoms with van der Waals surface area (Å²) in [7, 11) is 0. The Bertz CT molecular complexity index is 861. The summed E-state index contributed by atoms with van der Waals surface area (Å²) < 4.78 is 33.0. The molecule has 3 rings (SSSR count). The fourth-order valence-electron chi connectivity index (χ4n) is 3.88. The van der Waals surface area contributed by atoms with E-state index in [9.17, 15) is 18.4 Å². The Labute approximate surface area is 181 Å². The Morgan fingerprint density at radius 2 is 1.61 bits per heavy atom. The molecule has 31 heavy (non-hydrogen) atoms. The van der Waals surface area contributed by atoms with E-state index in [-0.39, 0.29) is 0 Å². The van der Waals surface area contributed by atoms with E-state index in [1.165, 1.54) is 44.9 Å². The van der Waals surface area contributed by atoms with Crippen LogP contribution in [0.2, 0.25) is 0 Å². The lowest BCUT2D eigenvalue weighted by Crippen LogP contribution is -2.35. The summed E-state index contributed by atoms with van der Waals surface area (Å²) in [4.78, 5) is 23.9. The number of carbonyl (C=O) groups is 2. The van der Waals surface area contributed by atoms with Crippen molar-refractivity contribution in [2.45, 2.75) is 51.4 Å². The van der Waals surface area contributed by atoms with E-state index in [4.69, 9.17) is 4.74 Å². The lowest BCUT2D eigenvalue weighted by atomic mass is 9.86. The molecule has 1 aliphatic rings. The Hall–Kier alpha value is -2.96. The van der Waals surface area contributed by atoms with Crippen LogP contribution in [0.4, 0.5) is 19.3 Å². The normalized spacial score (nSPS) is 14.1. The first-order chi connectivity index (χ1) is 15.0. The SMILES string of the molecule is O=C(NC(=O)c1c(F)cccc1F)Nc1ccc(OCCCCC2CCCCC2)cc1. The van der Waals surface area contributed by atoms with Gasteiger partial charge < -0.3 is 10.1 Å². The molecule has 0 aromatic heterocycles. The summed E-state index contributed by atoms with van der Waals surface area (Å²) in [6.07, 6.45) is 10.3. The van der Waals surface area contributed by atoms with E-state index in [1.807, 2.05) is 5.32 Å². The van der Waals surface area contributed by atoms with Gasteiger partial charge in [0.05, 0.1) is 6.61 Å². The molecular formula is C24H28F2N2O3. The van der Waals surface area contributed by atoms with Gasteiger partial charge in [0.2, 0.25) is 0 Å². The first-order valence-electron chi connectivity index (χ1n) is 10.8. The minimum atomic E-state index is -1.15. The third kappa shape index (κ3) is 7.05. The van der Waals surface area contributed by atoms with Crippen LogP contribution in [0.5, 0.6) is 5.75 Å². The summed E-state index contributed by atoms with van der Waals surface area (Å²) in [5, 5.41) is 4.37. The Morgan fingerprint density at radius 1 is 0.935 bits per heavy atom. The second-order valence-electron chi connectivity index (χ2n) is 7.88. The van der Waals surface area contributed by atoms with E-state index in [0.717, 1.165) is 30.5 Å². The molecule has 0 heterocycles. The molecule has 0 atom stereocenters. The van der Waals surface area contributed by atoms with Crippen molar-refractivity contribution in [1.29, 1.82) is 0 Å². The van der Waals surface area contributed by atoms with Gasteiger partial charge in [-0.1, -0.05) is 44.6 Å². The van der Waals surface area contributed by atoms with Crippen molar-refractivity contribution in [1.82, 2.24) is 5.32 Å². The molecule has 3 amide bonds.